The van der Waals surface area contributed by atoms with Gasteiger partial charge in [0.1, 0.15) is 23.0 Å². The lowest BCUT2D eigenvalue weighted by atomic mass is 9.94. The van der Waals surface area contributed by atoms with Gasteiger partial charge in [0.05, 0.1) is 6.10 Å². The minimum atomic E-state index is -4.58. The lowest BCUT2D eigenvalue weighted by molar-refractivity contribution is -0.204. The third-order valence-electron chi connectivity index (χ3n) is 5.30. The minimum absolute atomic E-state index is 0.0395. The molecule has 15 heteroatoms. The van der Waals surface area contributed by atoms with Crippen LogP contribution in [-0.2, 0) is 23.4 Å². The van der Waals surface area contributed by atoms with Gasteiger partial charge in [-0.25, -0.2) is 13.8 Å². The molecule has 1 aliphatic rings. The van der Waals surface area contributed by atoms with Gasteiger partial charge in [0.15, 0.2) is 12.3 Å². The number of halogens is 1. The number of alkyl halides is 1. The van der Waals surface area contributed by atoms with E-state index in [0.717, 1.165) is 6.20 Å². The first-order chi connectivity index (χ1) is 17.7. The topological polar surface area (TPSA) is 161 Å². The Bertz CT molecular complexity index is 1360. The molecule has 0 radical (unpaired) electrons. The number of hydrogen-bond acceptors (Lipinski definition) is 10. The second-order valence-electron chi connectivity index (χ2n) is 8.66. The van der Waals surface area contributed by atoms with E-state index in [0.29, 0.717) is 4.57 Å². The van der Waals surface area contributed by atoms with Crippen LogP contribution in [0.3, 0.4) is 0 Å². The number of hydrogen-bond donors (Lipinski definition) is 4. The Morgan fingerprint density at radius 3 is 2.61 bits per heavy atom. The summed E-state index contributed by atoms with van der Waals surface area (Å²) in [6.45, 7) is 3.23. The molecule has 1 aliphatic heterocycles. The van der Waals surface area contributed by atoms with Crippen molar-refractivity contribution >= 4 is 25.9 Å². The summed E-state index contributed by atoms with van der Waals surface area (Å²) in [5.74, 6) is -2.21. The van der Waals surface area contributed by atoms with Crippen molar-refractivity contribution in [2.45, 2.75) is 56.7 Å². The first-order valence-electron chi connectivity index (χ1n) is 11.3. The number of aromatic amines is 1. The van der Waals surface area contributed by atoms with E-state index in [1.165, 1.54) is 25.1 Å². The van der Waals surface area contributed by atoms with Crippen LogP contribution in [0, 0.1) is 17.0 Å². The van der Waals surface area contributed by atoms with Crippen molar-refractivity contribution in [3.63, 3.8) is 0 Å². The molecule has 2 heterocycles. The van der Waals surface area contributed by atoms with Crippen LogP contribution in [0.25, 0.3) is 0 Å². The van der Waals surface area contributed by atoms with E-state index in [2.05, 4.69) is 10.1 Å². The van der Waals surface area contributed by atoms with Crippen molar-refractivity contribution in [3.05, 3.63) is 57.7 Å². The van der Waals surface area contributed by atoms with E-state index >= 15 is 4.39 Å². The highest BCUT2D eigenvalue weighted by Gasteiger charge is 2.65. The summed E-state index contributed by atoms with van der Waals surface area (Å²) in [6.07, 6.45) is 1.57. The fraction of sp³-hybridized carbons (Fsp3) is 0.435. The average molecular weight is 572 g/mol. The molecule has 12 nitrogen and oxygen atoms in total. The van der Waals surface area contributed by atoms with E-state index in [1.54, 1.807) is 32.0 Å². The number of rotatable bonds is 10. The molecule has 1 aromatic heterocycles. The second kappa shape index (κ2) is 11.5. The van der Waals surface area contributed by atoms with E-state index in [9.17, 15) is 24.4 Å². The van der Waals surface area contributed by atoms with Gasteiger partial charge in [-0.3, -0.25) is 18.9 Å². The Kier molecular flexibility index (Phi) is 8.95. The van der Waals surface area contributed by atoms with E-state index in [1.807, 2.05) is 5.92 Å². The largest absolute Gasteiger partial charge is 0.462 e. The summed E-state index contributed by atoms with van der Waals surface area (Å²) < 4.78 is 51.3. The van der Waals surface area contributed by atoms with Gasteiger partial charge < -0.3 is 24.2 Å². The molecule has 2 aromatic rings. The number of H-pyrrole nitrogens is 1. The smallest absolute Gasteiger partial charge is 0.459 e. The summed E-state index contributed by atoms with van der Waals surface area (Å²) >= 11 is 4.86. The van der Waals surface area contributed by atoms with Crippen molar-refractivity contribution in [2.75, 3.05) is 6.61 Å². The van der Waals surface area contributed by atoms with Crippen LogP contribution in [-0.4, -0.2) is 62.0 Å². The molecule has 4 N–H and O–H groups in total. The number of carbonyl (C=O) groups excluding carboxylic acids is 1. The van der Waals surface area contributed by atoms with Crippen molar-refractivity contribution in [1.82, 2.24) is 14.6 Å². The maximum absolute atomic E-state index is 16.0. The number of nitrogens with zero attached hydrogens (tertiary/aromatic N) is 1. The molecule has 3 rings (SSSR count). The number of aliphatic hydroxyl groups excluding tert-OH is 1. The second-order valence-corrected chi connectivity index (χ2v) is 10.8. The number of aliphatic hydroxyl groups is 2. The molecular weight excluding hydrogens is 544 g/mol. The number of carbonyl (C=O) groups is 1. The zero-order valence-corrected chi connectivity index (χ0v) is 22.3. The summed E-state index contributed by atoms with van der Waals surface area (Å²) in [6, 6.07) is 7.67. The molecular formula is C23H27FN3O9PS. The van der Waals surface area contributed by atoms with E-state index in [4.69, 9.17) is 37.2 Å². The monoisotopic (exact) mass is 571 g/mol. The number of terminal acetylenes is 1. The molecule has 0 spiro atoms. The third-order valence-corrected chi connectivity index (χ3v) is 7.16. The van der Waals surface area contributed by atoms with Gasteiger partial charge in [0, 0.05) is 6.20 Å². The molecule has 0 bridgehead atoms. The van der Waals surface area contributed by atoms with Crippen LogP contribution >= 0.6 is 20.0 Å². The van der Waals surface area contributed by atoms with Crippen LogP contribution in [0.2, 0.25) is 0 Å². The predicted molar refractivity (Wildman–Crippen MR) is 134 cm³/mol. The lowest BCUT2D eigenvalue weighted by Crippen LogP contribution is -2.51. The number of esters is 1. The molecule has 0 aliphatic carbocycles. The normalized spacial score (nSPS) is 27.3. The number of aromatic nitrogens is 2. The molecule has 0 amide bonds. The van der Waals surface area contributed by atoms with E-state index < -0.39 is 61.9 Å². The number of nitrogens with one attached hydrogen (secondary N) is 2. The summed E-state index contributed by atoms with van der Waals surface area (Å²) in [5, 5.41) is 23.9. The molecule has 6 atom stereocenters. The first kappa shape index (κ1) is 29.7. The van der Waals surface area contributed by atoms with Crippen LogP contribution in [0.15, 0.2) is 47.4 Å². The molecule has 38 heavy (non-hydrogen) atoms. The van der Waals surface area contributed by atoms with Gasteiger partial charge >= 0.3 is 19.4 Å². The highest BCUT2D eigenvalue weighted by Crippen LogP contribution is 2.50. The Hall–Kier alpha value is -2.89. The first-order valence-corrected chi connectivity index (χ1v) is 13.2. The predicted octanol–water partition coefficient (Wildman–Crippen LogP) is 1.96. The molecule has 0 saturated carbocycles. The summed E-state index contributed by atoms with van der Waals surface area (Å²) in [7, 11) is -4.58. The third kappa shape index (κ3) is 6.39. The number of ether oxygens (including phenoxy) is 2. The molecule has 1 fully saturated rings. The highest BCUT2D eigenvalue weighted by molar-refractivity contribution is 7.71. The minimum Gasteiger partial charge on any atom is -0.462 e. The zero-order chi connectivity index (χ0) is 28.3. The Morgan fingerprint density at radius 1 is 1.37 bits per heavy atom. The molecule has 1 saturated heterocycles. The quantitative estimate of drug-likeness (QED) is 0.143. The maximum Gasteiger partial charge on any atom is 0.459 e. The molecule has 1 aromatic carbocycles. The SMILES string of the molecule is C#CC1(O)C(n2ccc(=S)[nH]c2=O)OC(F)(COP(=O)(NC(C)C(=O)OC(C)C)Oc2ccccc2)C1O. The lowest BCUT2D eigenvalue weighted by Gasteiger charge is -2.28. The van der Waals surface area contributed by atoms with Gasteiger partial charge in [-0.1, -0.05) is 36.3 Å². The van der Waals surface area contributed by atoms with Crippen molar-refractivity contribution < 1.29 is 42.5 Å². The molecule has 6 unspecified atom stereocenters. The highest BCUT2D eigenvalue weighted by atomic mass is 32.1. The van der Waals surface area contributed by atoms with Crippen LogP contribution in [0.4, 0.5) is 4.39 Å². The standard InChI is InChI=1S/C23H27FN3O9PS/c1-5-22(31)19(29)23(24,35-20(22)27-12-11-17(38)25-21(27)30)13-33-37(32,36-16-9-7-6-8-10-16)26-15(4)18(28)34-14(2)3/h1,6-12,14-15,19-20,29,31H,13H2,2-4H3,(H,26,32)(H,25,30,38). The van der Waals surface area contributed by atoms with Crippen molar-refractivity contribution in [3.8, 4) is 18.1 Å². The summed E-state index contributed by atoms with van der Waals surface area (Å²) in [4.78, 5) is 26.9. The van der Waals surface area contributed by atoms with Crippen LogP contribution < -0.4 is 15.3 Å². The number of benzene rings is 1. The van der Waals surface area contributed by atoms with Gasteiger partial charge in [-0.15, -0.1) is 6.42 Å². The zero-order valence-electron chi connectivity index (χ0n) is 20.6. The van der Waals surface area contributed by atoms with Crippen molar-refractivity contribution in [2.24, 2.45) is 0 Å². The Labute approximate surface area is 222 Å². The van der Waals surface area contributed by atoms with Gasteiger partial charge in [-0.2, -0.15) is 5.09 Å². The maximum atomic E-state index is 16.0. The number of para-hydroxylation sites is 1. The van der Waals surface area contributed by atoms with Gasteiger partial charge in [0.2, 0.25) is 5.60 Å². The average Bonchev–Trinajstić information content (AvgIpc) is 3.05. The summed E-state index contributed by atoms with van der Waals surface area (Å²) in [5.41, 5.74) is -3.67. The Balaban J connectivity index is 1.90. The van der Waals surface area contributed by atoms with E-state index in [-0.39, 0.29) is 10.4 Å². The fourth-order valence-electron chi connectivity index (χ4n) is 3.45. The van der Waals surface area contributed by atoms with Crippen molar-refractivity contribution in [1.29, 1.82) is 0 Å². The van der Waals surface area contributed by atoms with Crippen LogP contribution in [0.5, 0.6) is 5.75 Å². The fourth-order valence-corrected chi connectivity index (χ4v) is 5.11. The Morgan fingerprint density at radius 2 is 2.03 bits per heavy atom. The molecule has 206 valence electrons. The van der Waals surface area contributed by atoms with Crippen LogP contribution in [0.1, 0.15) is 27.0 Å². The van der Waals surface area contributed by atoms with Gasteiger partial charge in [0.25, 0.3) is 5.85 Å². The van der Waals surface area contributed by atoms with Gasteiger partial charge in [-0.05, 0) is 39.0 Å².